The van der Waals surface area contributed by atoms with Gasteiger partial charge in [-0.1, -0.05) is 18.2 Å². The molecule has 1 amide bonds. The summed E-state index contributed by atoms with van der Waals surface area (Å²) in [6.45, 7) is 3.38. The Morgan fingerprint density at radius 3 is 3.00 bits per heavy atom. The first-order valence-corrected chi connectivity index (χ1v) is 9.54. The van der Waals surface area contributed by atoms with Crippen LogP contribution in [0, 0.1) is 5.92 Å². The summed E-state index contributed by atoms with van der Waals surface area (Å²) in [6, 6.07) is 10.5. The summed E-state index contributed by atoms with van der Waals surface area (Å²) in [4.78, 5) is 16.1. The lowest BCUT2D eigenvalue weighted by atomic mass is 10.1. The van der Waals surface area contributed by atoms with Gasteiger partial charge in [0.2, 0.25) is 0 Å². The molecule has 2 N–H and O–H groups in total. The molecule has 1 unspecified atom stereocenters. The number of aromatic amines is 1. The van der Waals surface area contributed by atoms with Crippen molar-refractivity contribution in [1.29, 1.82) is 0 Å². The Kier molecular flexibility index (Phi) is 6.04. The summed E-state index contributed by atoms with van der Waals surface area (Å²) in [5.41, 5.74) is 2.80. The van der Waals surface area contributed by atoms with E-state index in [1.54, 1.807) is 0 Å². The summed E-state index contributed by atoms with van der Waals surface area (Å²) in [6.07, 6.45) is 2.00. The van der Waals surface area contributed by atoms with E-state index in [0.29, 0.717) is 11.6 Å². The van der Waals surface area contributed by atoms with Gasteiger partial charge in [-0.25, -0.2) is 0 Å². The number of amides is 1. The highest BCUT2D eigenvalue weighted by Gasteiger charge is 2.30. The van der Waals surface area contributed by atoms with Crippen LogP contribution in [0.25, 0.3) is 0 Å². The van der Waals surface area contributed by atoms with E-state index in [1.807, 2.05) is 22.7 Å². The highest BCUT2D eigenvalue weighted by molar-refractivity contribution is 7.99. The van der Waals surface area contributed by atoms with Crippen LogP contribution in [0.1, 0.15) is 28.2 Å². The highest BCUT2D eigenvalue weighted by atomic mass is 35.5. The molecule has 0 radical (unpaired) electrons. The van der Waals surface area contributed by atoms with Gasteiger partial charge in [-0.15, -0.1) is 24.2 Å². The normalized spacial score (nSPS) is 19.4. The number of likely N-dealkylation sites (tertiary alicyclic amines) is 1. The van der Waals surface area contributed by atoms with Gasteiger partial charge in [0, 0.05) is 54.5 Å². The first kappa shape index (κ1) is 18.3. The van der Waals surface area contributed by atoms with Crippen molar-refractivity contribution in [1.82, 2.24) is 20.4 Å². The maximum Gasteiger partial charge on any atom is 0.274 e. The number of benzene rings is 1. The number of hydrogen-bond acceptors (Lipinski definition) is 4. The Balaban J connectivity index is 0.00000182. The minimum Gasteiger partial charge on any atom is -0.337 e. The average Bonchev–Trinajstić information content (AvgIpc) is 3.27. The molecule has 1 fully saturated rings. The first-order valence-electron chi connectivity index (χ1n) is 8.55. The van der Waals surface area contributed by atoms with Crippen molar-refractivity contribution in [3.63, 3.8) is 0 Å². The zero-order valence-electron chi connectivity index (χ0n) is 14.0. The van der Waals surface area contributed by atoms with Crippen molar-refractivity contribution in [2.24, 2.45) is 5.92 Å². The molecule has 0 aliphatic carbocycles. The van der Waals surface area contributed by atoms with Crippen molar-refractivity contribution >= 4 is 30.1 Å². The van der Waals surface area contributed by atoms with E-state index >= 15 is 0 Å². The van der Waals surface area contributed by atoms with E-state index in [4.69, 9.17) is 0 Å². The van der Waals surface area contributed by atoms with Crippen LogP contribution in [0.5, 0.6) is 0 Å². The number of nitrogens with one attached hydrogen (secondary N) is 2. The zero-order chi connectivity index (χ0) is 16.4. The molecule has 1 saturated heterocycles. The number of rotatable bonds is 4. The van der Waals surface area contributed by atoms with E-state index in [-0.39, 0.29) is 18.3 Å². The number of carbonyl (C=O) groups excluding carboxylic acids is 1. The summed E-state index contributed by atoms with van der Waals surface area (Å²) in [5.74, 6) is 1.71. The minimum absolute atomic E-state index is 0. The first-order chi connectivity index (χ1) is 11.8. The number of carbonyl (C=O) groups is 1. The number of aromatic nitrogens is 2. The Hall–Kier alpha value is -1.50. The molecule has 1 aromatic carbocycles. The molecular formula is C18H23ClN4OS. The molecule has 2 aliphatic rings. The van der Waals surface area contributed by atoms with Gasteiger partial charge in [0.1, 0.15) is 0 Å². The van der Waals surface area contributed by atoms with Crippen LogP contribution in [0.2, 0.25) is 0 Å². The number of hydrogen-bond donors (Lipinski definition) is 2. The second-order valence-corrected chi connectivity index (χ2v) is 7.58. The minimum atomic E-state index is 0. The van der Waals surface area contributed by atoms with E-state index < -0.39 is 0 Å². The lowest BCUT2D eigenvalue weighted by Crippen LogP contribution is -2.31. The van der Waals surface area contributed by atoms with Crippen LogP contribution < -0.4 is 5.32 Å². The third kappa shape index (κ3) is 4.02. The fourth-order valence-electron chi connectivity index (χ4n) is 3.44. The highest BCUT2D eigenvalue weighted by Crippen LogP contribution is 2.27. The summed E-state index contributed by atoms with van der Waals surface area (Å²) >= 11 is 1.88. The lowest BCUT2D eigenvalue weighted by molar-refractivity contribution is 0.0781. The van der Waals surface area contributed by atoms with Crippen molar-refractivity contribution in [3.8, 4) is 0 Å². The van der Waals surface area contributed by atoms with Crippen molar-refractivity contribution in [3.05, 3.63) is 47.3 Å². The average molecular weight is 379 g/mol. The van der Waals surface area contributed by atoms with Crippen LogP contribution in [-0.4, -0.2) is 46.4 Å². The molecule has 0 spiro atoms. The second kappa shape index (κ2) is 8.25. The number of H-pyrrole nitrogens is 1. The quantitative estimate of drug-likeness (QED) is 0.803. The molecule has 134 valence electrons. The van der Waals surface area contributed by atoms with Crippen molar-refractivity contribution < 1.29 is 4.79 Å². The van der Waals surface area contributed by atoms with Crippen LogP contribution >= 0.6 is 24.2 Å². The van der Waals surface area contributed by atoms with Gasteiger partial charge in [-0.2, -0.15) is 5.10 Å². The Morgan fingerprint density at radius 2 is 2.16 bits per heavy atom. The monoisotopic (exact) mass is 378 g/mol. The molecule has 1 aromatic heterocycles. The number of thioether (sulfide) groups is 1. The van der Waals surface area contributed by atoms with Crippen LogP contribution in [0.15, 0.2) is 35.2 Å². The van der Waals surface area contributed by atoms with Gasteiger partial charge in [-0.05, 0) is 24.5 Å². The third-order valence-electron chi connectivity index (χ3n) is 4.81. The van der Waals surface area contributed by atoms with E-state index in [2.05, 4.69) is 39.8 Å². The number of nitrogens with zero attached hydrogens (tertiary/aromatic N) is 2. The smallest absolute Gasteiger partial charge is 0.274 e. The van der Waals surface area contributed by atoms with Gasteiger partial charge in [0.15, 0.2) is 5.69 Å². The molecule has 7 heteroatoms. The topological polar surface area (TPSA) is 61.0 Å². The van der Waals surface area contributed by atoms with Gasteiger partial charge < -0.3 is 10.2 Å². The zero-order valence-corrected chi connectivity index (χ0v) is 15.7. The molecule has 25 heavy (non-hydrogen) atoms. The SMILES string of the molecule is Cl.O=C(c1n[nH]c2c1CNCC2)N1CCC(CSc2ccccc2)C1. The molecular weight excluding hydrogens is 356 g/mol. The molecule has 0 saturated carbocycles. The van der Waals surface area contributed by atoms with Crippen LogP contribution in [0.4, 0.5) is 0 Å². The summed E-state index contributed by atoms with van der Waals surface area (Å²) < 4.78 is 0. The summed E-state index contributed by atoms with van der Waals surface area (Å²) in [5, 5.41) is 10.7. The second-order valence-electron chi connectivity index (χ2n) is 6.49. The van der Waals surface area contributed by atoms with Crippen LogP contribution in [0.3, 0.4) is 0 Å². The molecule has 2 aliphatic heterocycles. The molecule has 3 heterocycles. The van der Waals surface area contributed by atoms with Gasteiger partial charge in [0.25, 0.3) is 5.91 Å². The Bertz CT molecular complexity index is 721. The van der Waals surface area contributed by atoms with E-state index in [0.717, 1.165) is 56.0 Å². The number of fused-ring (bicyclic) bond motifs is 1. The van der Waals surface area contributed by atoms with Crippen LogP contribution in [-0.2, 0) is 13.0 Å². The maximum atomic E-state index is 12.8. The maximum absolute atomic E-state index is 12.8. The Labute approximate surface area is 158 Å². The molecule has 2 aromatic rings. The summed E-state index contributed by atoms with van der Waals surface area (Å²) in [7, 11) is 0. The molecule has 4 rings (SSSR count). The molecule has 0 bridgehead atoms. The number of halogens is 1. The lowest BCUT2D eigenvalue weighted by Gasteiger charge is -2.18. The van der Waals surface area contributed by atoms with E-state index in [1.165, 1.54) is 4.90 Å². The third-order valence-corrected chi connectivity index (χ3v) is 6.05. The Morgan fingerprint density at radius 1 is 1.32 bits per heavy atom. The molecule has 5 nitrogen and oxygen atoms in total. The van der Waals surface area contributed by atoms with Crippen molar-refractivity contribution in [2.75, 3.05) is 25.4 Å². The van der Waals surface area contributed by atoms with Gasteiger partial charge >= 0.3 is 0 Å². The fraction of sp³-hybridized carbons (Fsp3) is 0.444. The van der Waals surface area contributed by atoms with Gasteiger partial charge in [-0.3, -0.25) is 9.89 Å². The van der Waals surface area contributed by atoms with Gasteiger partial charge in [0.05, 0.1) is 0 Å². The standard InChI is InChI=1S/C18H22N4OS.ClH/c23-18(17-15-10-19-8-6-16(15)20-21-17)22-9-7-13(11-22)12-24-14-4-2-1-3-5-14;/h1-5,13,19H,6-12H2,(H,20,21);1H. The molecule has 1 atom stereocenters. The largest absolute Gasteiger partial charge is 0.337 e. The predicted octanol–water partition coefficient (Wildman–Crippen LogP) is 2.73. The van der Waals surface area contributed by atoms with E-state index in [9.17, 15) is 4.79 Å². The predicted molar refractivity (Wildman–Crippen MR) is 102 cm³/mol. The fourth-order valence-corrected chi connectivity index (χ4v) is 4.49. The van der Waals surface area contributed by atoms with Crippen molar-refractivity contribution in [2.45, 2.75) is 24.3 Å².